The molecular weight excluding hydrogens is 416 g/mol. The largest absolute Gasteiger partial charge is 0.421 e. The van der Waals surface area contributed by atoms with Gasteiger partial charge in [0.05, 0.1) is 18.8 Å². The van der Waals surface area contributed by atoms with Crippen LogP contribution in [0.4, 0.5) is 4.79 Å². The molecule has 162 valence electrons. The van der Waals surface area contributed by atoms with Crippen LogP contribution in [0.1, 0.15) is 36.7 Å². The van der Waals surface area contributed by atoms with Gasteiger partial charge in [-0.25, -0.2) is 9.37 Å². The molecule has 0 saturated carbocycles. The van der Waals surface area contributed by atoms with Crippen molar-refractivity contribution in [1.29, 1.82) is 0 Å². The molecule has 8 nitrogen and oxygen atoms in total. The zero-order valence-electron chi connectivity index (χ0n) is 18.2. The smallest absolute Gasteiger partial charge is 0.270 e. The molecule has 1 saturated heterocycles. The van der Waals surface area contributed by atoms with E-state index in [4.69, 9.17) is 16.6 Å². The molecule has 1 fully saturated rings. The van der Waals surface area contributed by atoms with Crippen molar-refractivity contribution in [2.75, 3.05) is 13.6 Å². The number of hydrogen-bond donors (Lipinski definition) is 0. The normalized spacial score (nSPS) is 18.7. The molecule has 3 heterocycles. The van der Waals surface area contributed by atoms with Gasteiger partial charge in [0, 0.05) is 12.1 Å². The third-order valence-corrected chi connectivity index (χ3v) is 5.81. The lowest BCUT2D eigenvalue weighted by molar-refractivity contribution is -0.538. The van der Waals surface area contributed by atoms with Gasteiger partial charge >= 0.3 is 12.0 Å². The molecule has 1 aromatic heterocycles. The van der Waals surface area contributed by atoms with Crippen molar-refractivity contribution in [2.45, 2.75) is 46.2 Å². The standard InChI is InChI=1S/C22H26ClN6O2/c1-5-6-10-27-18-19(24-21(27)29-15(3)11-14(2)25-29)26(4)22(31)28(20(18)30)13-16-8-7-9-17(23)12-16/h7-9,11-12,18H,5-6,10,13H2,1-4H3/q+1. The van der Waals surface area contributed by atoms with Crippen molar-refractivity contribution >= 4 is 35.3 Å². The second-order valence-electron chi connectivity index (χ2n) is 7.95. The zero-order chi connectivity index (χ0) is 22.3. The van der Waals surface area contributed by atoms with Crippen molar-refractivity contribution < 1.29 is 14.2 Å². The summed E-state index contributed by atoms with van der Waals surface area (Å²) in [6.45, 7) is 6.77. The summed E-state index contributed by atoms with van der Waals surface area (Å²) in [5, 5.41) is 5.13. The summed E-state index contributed by atoms with van der Waals surface area (Å²) in [6.07, 6.45) is 1.86. The van der Waals surface area contributed by atoms with E-state index in [9.17, 15) is 9.59 Å². The van der Waals surface area contributed by atoms with Gasteiger partial charge < -0.3 is 0 Å². The van der Waals surface area contributed by atoms with Gasteiger partial charge in [-0.2, -0.15) is 0 Å². The van der Waals surface area contributed by atoms with Crippen molar-refractivity contribution in [3.05, 3.63) is 52.3 Å². The van der Waals surface area contributed by atoms with Crippen LogP contribution in [-0.4, -0.2) is 67.5 Å². The number of likely N-dealkylation sites (N-methyl/N-ethyl adjacent to an activating group) is 1. The summed E-state index contributed by atoms with van der Waals surface area (Å²) in [4.78, 5) is 34.1. The lowest BCUT2D eigenvalue weighted by Gasteiger charge is -2.34. The minimum Gasteiger partial charge on any atom is -0.270 e. The van der Waals surface area contributed by atoms with Crippen LogP contribution in [0.3, 0.4) is 0 Å². The number of aromatic nitrogens is 2. The number of carbonyl (C=O) groups is 2. The Morgan fingerprint density at radius 1 is 1.19 bits per heavy atom. The van der Waals surface area contributed by atoms with E-state index in [1.54, 1.807) is 23.9 Å². The number of aliphatic imine (C=N–C) groups is 1. The summed E-state index contributed by atoms with van der Waals surface area (Å²) in [7, 11) is 1.66. The van der Waals surface area contributed by atoms with Gasteiger partial charge in [0.2, 0.25) is 11.9 Å². The number of fused-ring (bicyclic) bond motifs is 1. The van der Waals surface area contributed by atoms with E-state index < -0.39 is 12.1 Å². The minimum atomic E-state index is -0.660. The average Bonchev–Trinajstić information content (AvgIpc) is 3.27. The Balaban J connectivity index is 1.76. The molecule has 0 spiro atoms. The highest BCUT2D eigenvalue weighted by molar-refractivity contribution is 6.30. The predicted octanol–water partition coefficient (Wildman–Crippen LogP) is 3.04. The third-order valence-electron chi connectivity index (χ3n) is 5.57. The summed E-state index contributed by atoms with van der Waals surface area (Å²) >= 11 is 6.10. The lowest BCUT2D eigenvalue weighted by atomic mass is 10.1. The SMILES string of the molecule is CCCC[N+]1=C(n2nc(C)cc2C)N=C2C1C(=O)N(Cc1cccc(Cl)c1)C(=O)N2C. The molecule has 0 bridgehead atoms. The molecule has 9 heteroatoms. The van der Waals surface area contributed by atoms with Gasteiger partial charge in [-0.1, -0.05) is 42.1 Å². The maximum Gasteiger partial charge on any atom is 0.421 e. The quantitative estimate of drug-likeness (QED) is 0.669. The van der Waals surface area contributed by atoms with Crippen LogP contribution in [0.25, 0.3) is 0 Å². The fourth-order valence-electron chi connectivity index (χ4n) is 4.03. The molecule has 1 unspecified atom stereocenters. The fraction of sp³-hybridized carbons (Fsp3) is 0.409. The Hall–Kier alpha value is -3.00. The number of nitrogens with zero attached hydrogens (tertiary/aromatic N) is 6. The van der Waals surface area contributed by atoms with Crippen LogP contribution in [0, 0.1) is 13.8 Å². The summed E-state index contributed by atoms with van der Waals surface area (Å²) in [6, 6.07) is 8.11. The molecule has 0 N–H and O–H groups in total. The molecule has 2 aliphatic heterocycles. The monoisotopic (exact) mass is 441 g/mol. The van der Waals surface area contributed by atoms with Crippen LogP contribution in [0.2, 0.25) is 5.02 Å². The van der Waals surface area contributed by atoms with Gasteiger partial charge in [0.1, 0.15) is 5.69 Å². The lowest BCUT2D eigenvalue weighted by Crippen LogP contribution is -2.62. The van der Waals surface area contributed by atoms with Gasteiger partial charge in [-0.3, -0.25) is 14.6 Å². The summed E-state index contributed by atoms with van der Waals surface area (Å²) < 4.78 is 3.72. The van der Waals surface area contributed by atoms with Gasteiger partial charge in [-0.15, -0.1) is 9.78 Å². The highest BCUT2D eigenvalue weighted by Gasteiger charge is 2.53. The number of aryl methyl sites for hydroxylation is 2. The van der Waals surface area contributed by atoms with Gasteiger partial charge in [-0.05, 0) is 44.0 Å². The number of benzene rings is 1. The number of halogens is 1. The maximum absolute atomic E-state index is 13.6. The molecule has 3 amide bonds. The first-order chi connectivity index (χ1) is 14.8. The first-order valence-corrected chi connectivity index (χ1v) is 10.8. The second-order valence-corrected chi connectivity index (χ2v) is 8.39. The minimum absolute atomic E-state index is 0.156. The Labute approximate surface area is 186 Å². The highest BCUT2D eigenvalue weighted by Crippen LogP contribution is 2.24. The number of carbonyl (C=O) groups excluding carboxylic acids is 2. The van der Waals surface area contributed by atoms with E-state index in [0.717, 1.165) is 29.8 Å². The van der Waals surface area contributed by atoms with Crippen molar-refractivity contribution in [3.8, 4) is 0 Å². The predicted molar refractivity (Wildman–Crippen MR) is 119 cm³/mol. The Kier molecular flexibility index (Phi) is 5.66. The second kappa shape index (κ2) is 8.26. The van der Waals surface area contributed by atoms with Gasteiger partial charge in [0.15, 0.2) is 0 Å². The molecule has 0 aliphatic carbocycles. The zero-order valence-corrected chi connectivity index (χ0v) is 18.9. The Morgan fingerprint density at radius 3 is 2.61 bits per heavy atom. The molecule has 0 radical (unpaired) electrons. The number of hydrogen-bond acceptors (Lipinski definition) is 4. The third kappa shape index (κ3) is 3.76. The molecule has 1 atom stereocenters. The van der Waals surface area contributed by atoms with E-state index in [-0.39, 0.29) is 12.5 Å². The van der Waals surface area contributed by atoms with Crippen LogP contribution in [-0.2, 0) is 11.3 Å². The molecule has 31 heavy (non-hydrogen) atoms. The number of unbranched alkanes of at least 4 members (excludes halogenated alkanes) is 1. The van der Waals surface area contributed by atoms with Crippen LogP contribution < -0.4 is 0 Å². The topological polar surface area (TPSA) is 73.8 Å². The fourth-order valence-corrected chi connectivity index (χ4v) is 4.24. The first-order valence-electron chi connectivity index (χ1n) is 10.4. The van der Waals surface area contributed by atoms with Crippen LogP contribution in [0.5, 0.6) is 0 Å². The number of amidine groups is 1. The van der Waals surface area contributed by atoms with Gasteiger partial charge in [0.25, 0.3) is 5.91 Å². The average molecular weight is 442 g/mol. The molecular formula is C22H26ClN6O2+. The highest BCUT2D eigenvalue weighted by atomic mass is 35.5. The van der Waals surface area contributed by atoms with E-state index in [0.29, 0.717) is 23.4 Å². The first kappa shape index (κ1) is 21.2. The van der Waals surface area contributed by atoms with Crippen LogP contribution >= 0.6 is 11.6 Å². The van der Waals surface area contributed by atoms with E-state index in [1.807, 2.05) is 36.6 Å². The summed E-state index contributed by atoms with van der Waals surface area (Å²) in [5.41, 5.74) is 2.59. The molecule has 4 rings (SSSR count). The van der Waals surface area contributed by atoms with Crippen molar-refractivity contribution in [3.63, 3.8) is 0 Å². The van der Waals surface area contributed by atoms with Crippen molar-refractivity contribution in [2.24, 2.45) is 4.99 Å². The van der Waals surface area contributed by atoms with Crippen molar-refractivity contribution in [1.82, 2.24) is 19.6 Å². The number of imide groups is 1. The Morgan fingerprint density at radius 2 is 1.97 bits per heavy atom. The number of urea groups is 1. The number of rotatable bonds is 5. The van der Waals surface area contributed by atoms with E-state index in [2.05, 4.69) is 12.0 Å². The van der Waals surface area contributed by atoms with E-state index >= 15 is 0 Å². The Bertz CT molecular complexity index is 1120. The summed E-state index contributed by atoms with van der Waals surface area (Å²) in [5.74, 6) is 0.738. The maximum atomic E-state index is 13.6. The van der Waals surface area contributed by atoms with Crippen LogP contribution in [0.15, 0.2) is 35.3 Å². The molecule has 1 aromatic carbocycles. The molecule has 2 aromatic rings. The number of amides is 3. The molecule has 2 aliphatic rings. The van der Waals surface area contributed by atoms with E-state index in [1.165, 1.54) is 9.80 Å².